The molecule has 1 heterocycles. The van der Waals surface area contributed by atoms with Gasteiger partial charge in [-0.15, -0.1) is 0 Å². The number of carbonyl (C=O) groups excluding carboxylic acids is 1. The smallest absolute Gasteiger partial charge is 0.418 e. The third-order valence-corrected chi connectivity index (χ3v) is 2.80. The Hall–Kier alpha value is -1.00. The van der Waals surface area contributed by atoms with E-state index in [9.17, 15) is 26.7 Å². The molecule has 1 aromatic rings. The SMILES string of the molecule is COC(=O)c1c(I)ncc(C(F)(F)F)c1C(F)F. The number of esters is 1. The van der Waals surface area contributed by atoms with Crippen LogP contribution in [-0.2, 0) is 10.9 Å². The van der Waals surface area contributed by atoms with Gasteiger partial charge in [-0.1, -0.05) is 0 Å². The van der Waals surface area contributed by atoms with Crippen molar-refractivity contribution in [2.24, 2.45) is 0 Å². The first-order chi connectivity index (χ1) is 8.20. The molecule has 0 aliphatic rings. The molecule has 0 aliphatic carbocycles. The molecule has 0 fully saturated rings. The maximum atomic E-state index is 12.8. The average molecular weight is 381 g/mol. The van der Waals surface area contributed by atoms with Gasteiger partial charge in [0.1, 0.15) is 9.26 Å². The van der Waals surface area contributed by atoms with Crippen molar-refractivity contribution in [3.05, 3.63) is 26.6 Å². The predicted octanol–water partition coefficient (Wildman–Crippen LogP) is 3.43. The van der Waals surface area contributed by atoms with Crippen molar-refractivity contribution in [3.63, 3.8) is 0 Å². The maximum Gasteiger partial charge on any atom is 0.418 e. The van der Waals surface area contributed by atoms with Gasteiger partial charge in [0.2, 0.25) is 0 Å². The fourth-order valence-corrected chi connectivity index (χ4v) is 1.90. The third kappa shape index (κ3) is 2.87. The summed E-state index contributed by atoms with van der Waals surface area (Å²) in [7, 11) is 0.883. The fraction of sp³-hybridized carbons (Fsp3) is 0.333. The molecule has 0 unspecified atom stereocenters. The molecule has 0 atom stereocenters. The van der Waals surface area contributed by atoms with Crippen LogP contribution >= 0.6 is 22.6 Å². The van der Waals surface area contributed by atoms with Crippen molar-refractivity contribution < 1.29 is 31.5 Å². The summed E-state index contributed by atoms with van der Waals surface area (Å²) in [6, 6.07) is 0. The van der Waals surface area contributed by atoms with E-state index < -0.39 is 35.3 Å². The molecule has 0 aliphatic heterocycles. The highest BCUT2D eigenvalue weighted by Gasteiger charge is 2.39. The molecule has 0 N–H and O–H groups in total. The van der Waals surface area contributed by atoms with E-state index in [0.717, 1.165) is 7.11 Å². The summed E-state index contributed by atoms with van der Waals surface area (Å²) in [5.41, 5.74) is -3.91. The minimum Gasteiger partial charge on any atom is -0.465 e. The molecule has 1 rings (SSSR count). The van der Waals surface area contributed by atoms with E-state index in [2.05, 4.69) is 9.72 Å². The van der Waals surface area contributed by atoms with Crippen LogP contribution in [0, 0.1) is 3.70 Å². The summed E-state index contributed by atoms with van der Waals surface area (Å²) in [4.78, 5) is 14.6. The summed E-state index contributed by atoms with van der Waals surface area (Å²) in [5.74, 6) is -1.28. The van der Waals surface area contributed by atoms with Crippen LogP contribution in [0.2, 0.25) is 0 Å². The maximum absolute atomic E-state index is 12.8. The molecule has 0 amide bonds. The number of carbonyl (C=O) groups is 1. The number of ether oxygens (including phenoxy) is 1. The van der Waals surface area contributed by atoms with Gasteiger partial charge in [-0.25, -0.2) is 18.6 Å². The van der Waals surface area contributed by atoms with E-state index in [4.69, 9.17) is 0 Å². The Balaban J connectivity index is 3.64. The summed E-state index contributed by atoms with van der Waals surface area (Å²) in [5, 5.41) is 0. The second kappa shape index (κ2) is 5.33. The van der Waals surface area contributed by atoms with Gasteiger partial charge in [0.25, 0.3) is 6.43 Å². The predicted molar refractivity (Wildman–Crippen MR) is 58.3 cm³/mol. The third-order valence-electron chi connectivity index (χ3n) is 1.99. The highest BCUT2D eigenvalue weighted by molar-refractivity contribution is 14.1. The molecule has 0 radical (unpaired) electrons. The molecule has 0 spiro atoms. The molecule has 0 saturated heterocycles. The summed E-state index contributed by atoms with van der Waals surface area (Å²) in [6.07, 6.45) is -8.21. The number of hydrogen-bond donors (Lipinski definition) is 0. The van der Waals surface area contributed by atoms with Crippen molar-refractivity contribution in [2.45, 2.75) is 12.6 Å². The van der Waals surface area contributed by atoms with Gasteiger partial charge in [-0.3, -0.25) is 0 Å². The molecule has 18 heavy (non-hydrogen) atoms. The fourth-order valence-electron chi connectivity index (χ4n) is 1.25. The van der Waals surface area contributed by atoms with Crippen molar-refractivity contribution in [1.82, 2.24) is 4.98 Å². The number of pyridine rings is 1. The number of methoxy groups -OCH3 is 1. The number of aromatic nitrogens is 1. The van der Waals surface area contributed by atoms with Crippen LogP contribution in [0.15, 0.2) is 6.20 Å². The van der Waals surface area contributed by atoms with E-state index in [0.29, 0.717) is 0 Å². The second-order valence-electron chi connectivity index (χ2n) is 3.04. The summed E-state index contributed by atoms with van der Waals surface area (Å²) >= 11 is 1.39. The van der Waals surface area contributed by atoms with Gasteiger partial charge in [-0.05, 0) is 22.6 Å². The Morgan fingerprint density at radius 2 is 2.00 bits per heavy atom. The monoisotopic (exact) mass is 381 g/mol. The van der Waals surface area contributed by atoms with E-state index in [1.165, 1.54) is 22.6 Å². The van der Waals surface area contributed by atoms with Crippen LogP contribution in [0.25, 0.3) is 0 Å². The number of hydrogen-bond acceptors (Lipinski definition) is 3. The van der Waals surface area contributed by atoms with Crippen LogP contribution in [0.4, 0.5) is 22.0 Å². The molecule has 3 nitrogen and oxygen atoms in total. The second-order valence-corrected chi connectivity index (χ2v) is 4.06. The number of halogens is 6. The topological polar surface area (TPSA) is 39.2 Å². The Morgan fingerprint density at radius 1 is 1.44 bits per heavy atom. The van der Waals surface area contributed by atoms with Crippen LogP contribution in [-0.4, -0.2) is 18.1 Å². The van der Waals surface area contributed by atoms with Crippen LogP contribution < -0.4 is 0 Å². The van der Waals surface area contributed by atoms with Crippen molar-refractivity contribution in [2.75, 3.05) is 7.11 Å². The first-order valence-electron chi connectivity index (χ1n) is 4.32. The first kappa shape index (κ1) is 15.1. The lowest BCUT2D eigenvalue weighted by Crippen LogP contribution is -2.18. The molecular weight excluding hydrogens is 376 g/mol. The van der Waals surface area contributed by atoms with Gasteiger partial charge in [-0.2, -0.15) is 13.2 Å². The lowest BCUT2D eigenvalue weighted by atomic mass is 10.0. The average Bonchev–Trinajstić information content (AvgIpc) is 2.25. The zero-order chi connectivity index (χ0) is 14.1. The summed E-state index contributed by atoms with van der Waals surface area (Å²) in [6.45, 7) is 0. The van der Waals surface area contributed by atoms with Crippen LogP contribution in [0.5, 0.6) is 0 Å². The molecule has 0 aromatic carbocycles. The normalized spacial score (nSPS) is 11.8. The van der Waals surface area contributed by atoms with Crippen molar-refractivity contribution in [3.8, 4) is 0 Å². The number of nitrogens with zero attached hydrogens (tertiary/aromatic N) is 1. The quantitative estimate of drug-likeness (QED) is 0.341. The summed E-state index contributed by atoms with van der Waals surface area (Å²) < 4.78 is 67.1. The van der Waals surface area contributed by atoms with E-state index in [1.807, 2.05) is 0 Å². The number of alkyl halides is 5. The van der Waals surface area contributed by atoms with Gasteiger partial charge >= 0.3 is 12.1 Å². The molecule has 1 aromatic heterocycles. The van der Waals surface area contributed by atoms with Gasteiger partial charge < -0.3 is 4.74 Å². The Bertz CT molecular complexity index is 475. The zero-order valence-corrected chi connectivity index (χ0v) is 10.8. The molecule has 100 valence electrons. The zero-order valence-electron chi connectivity index (χ0n) is 8.69. The van der Waals surface area contributed by atoms with E-state index >= 15 is 0 Å². The van der Waals surface area contributed by atoms with Crippen molar-refractivity contribution >= 4 is 28.6 Å². The first-order valence-corrected chi connectivity index (χ1v) is 5.40. The van der Waals surface area contributed by atoms with Gasteiger partial charge in [0.05, 0.1) is 12.7 Å². The standard InChI is InChI=1S/C9H5F5INO2/c1-18-8(17)5-4(6(10)11)3(9(12,13)14)2-16-7(5)15/h2,6H,1H3. The molecule has 0 bridgehead atoms. The minimum atomic E-state index is -5.02. The van der Waals surface area contributed by atoms with Crippen LogP contribution in [0.3, 0.4) is 0 Å². The molecule has 9 heteroatoms. The lowest BCUT2D eigenvalue weighted by molar-refractivity contribution is -0.139. The Kier molecular flexibility index (Phi) is 4.46. The van der Waals surface area contributed by atoms with E-state index in [-0.39, 0.29) is 9.90 Å². The largest absolute Gasteiger partial charge is 0.465 e. The molecule has 0 saturated carbocycles. The highest BCUT2D eigenvalue weighted by atomic mass is 127. The van der Waals surface area contributed by atoms with Gasteiger partial charge in [0.15, 0.2) is 0 Å². The Morgan fingerprint density at radius 3 is 2.39 bits per heavy atom. The van der Waals surface area contributed by atoms with Gasteiger partial charge in [0, 0.05) is 11.8 Å². The van der Waals surface area contributed by atoms with E-state index in [1.54, 1.807) is 0 Å². The highest BCUT2D eigenvalue weighted by Crippen LogP contribution is 2.38. The van der Waals surface area contributed by atoms with Crippen LogP contribution in [0.1, 0.15) is 27.9 Å². The Labute approximate surface area is 111 Å². The van der Waals surface area contributed by atoms with Crippen molar-refractivity contribution in [1.29, 1.82) is 0 Å². The molecular formula is C9H5F5INO2. The lowest BCUT2D eigenvalue weighted by Gasteiger charge is -2.15. The minimum absolute atomic E-state index is 0.274. The number of rotatable bonds is 2.